The molecule has 0 aliphatic rings. The quantitative estimate of drug-likeness (QED) is 0.597. The zero-order valence-corrected chi connectivity index (χ0v) is 12.7. The van der Waals surface area contributed by atoms with Gasteiger partial charge >= 0.3 is 0 Å². The standard InChI is InChI=1S/C14H32N2O/c1-7-9-15-11-14(4,8-2)12-16(5)13(3)10-17-6/h13,15H,7-12H2,1-6H3. The summed E-state index contributed by atoms with van der Waals surface area (Å²) in [4.78, 5) is 2.40. The molecule has 1 N–H and O–H groups in total. The van der Waals surface area contributed by atoms with Crippen molar-refractivity contribution in [2.24, 2.45) is 5.41 Å². The number of nitrogens with one attached hydrogen (secondary N) is 1. The van der Waals surface area contributed by atoms with Gasteiger partial charge in [-0.3, -0.25) is 0 Å². The zero-order valence-electron chi connectivity index (χ0n) is 12.7. The Morgan fingerprint density at radius 2 is 2.00 bits per heavy atom. The molecule has 0 saturated carbocycles. The highest BCUT2D eigenvalue weighted by molar-refractivity contribution is 4.80. The second-order valence-electron chi connectivity index (χ2n) is 5.56. The summed E-state index contributed by atoms with van der Waals surface area (Å²) in [6, 6.07) is 0.483. The van der Waals surface area contributed by atoms with Crippen LogP contribution in [0.5, 0.6) is 0 Å². The molecule has 104 valence electrons. The minimum Gasteiger partial charge on any atom is -0.383 e. The van der Waals surface area contributed by atoms with Gasteiger partial charge in [0.15, 0.2) is 0 Å². The molecule has 2 unspecified atom stereocenters. The van der Waals surface area contributed by atoms with Crippen LogP contribution >= 0.6 is 0 Å². The van der Waals surface area contributed by atoms with Crippen LogP contribution < -0.4 is 5.32 Å². The zero-order chi connectivity index (χ0) is 13.3. The van der Waals surface area contributed by atoms with Crippen LogP contribution in [0, 0.1) is 5.41 Å². The van der Waals surface area contributed by atoms with Crippen molar-refractivity contribution in [3.05, 3.63) is 0 Å². The van der Waals surface area contributed by atoms with Crippen molar-refractivity contribution in [1.29, 1.82) is 0 Å². The van der Waals surface area contributed by atoms with Gasteiger partial charge in [0.2, 0.25) is 0 Å². The number of hydrogen-bond acceptors (Lipinski definition) is 3. The van der Waals surface area contributed by atoms with Crippen LogP contribution in [0.25, 0.3) is 0 Å². The summed E-state index contributed by atoms with van der Waals surface area (Å²) in [5.74, 6) is 0. The van der Waals surface area contributed by atoms with E-state index in [2.05, 4.69) is 45.0 Å². The van der Waals surface area contributed by atoms with E-state index in [1.807, 2.05) is 0 Å². The van der Waals surface area contributed by atoms with Gasteiger partial charge in [0, 0.05) is 26.2 Å². The molecule has 0 radical (unpaired) electrons. The lowest BCUT2D eigenvalue weighted by atomic mass is 9.86. The number of methoxy groups -OCH3 is 1. The summed E-state index contributed by atoms with van der Waals surface area (Å²) in [7, 11) is 3.96. The molecule has 0 amide bonds. The first-order valence-corrected chi connectivity index (χ1v) is 6.89. The van der Waals surface area contributed by atoms with Gasteiger partial charge in [0.25, 0.3) is 0 Å². The van der Waals surface area contributed by atoms with Gasteiger partial charge in [0.05, 0.1) is 6.61 Å². The number of rotatable bonds is 10. The molecule has 3 nitrogen and oxygen atoms in total. The third-order valence-electron chi connectivity index (χ3n) is 3.62. The molecule has 3 heteroatoms. The molecule has 0 aromatic rings. The first-order chi connectivity index (χ1) is 7.99. The summed E-state index contributed by atoms with van der Waals surface area (Å²) in [6.07, 6.45) is 2.41. The van der Waals surface area contributed by atoms with Crippen molar-refractivity contribution in [2.45, 2.75) is 46.6 Å². The van der Waals surface area contributed by atoms with Crippen molar-refractivity contribution < 1.29 is 4.74 Å². The first-order valence-electron chi connectivity index (χ1n) is 6.89. The topological polar surface area (TPSA) is 24.5 Å². The Bertz CT molecular complexity index is 187. The molecule has 0 rings (SSSR count). The SMILES string of the molecule is CCCNCC(C)(CC)CN(C)C(C)COC. The Balaban J connectivity index is 4.15. The fourth-order valence-corrected chi connectivity index (χ4v) is 1.99. The maximum atomic E-state index is 5.21. The number of ether oxygens (including phenoxy) is 1. The predicted molar refractivity (Wildman–Crippen MR) is 75.5 cm³/mol. The van der Waals surface area contributed by atoms with E-state index >= 15 is 0 Å². The van der Waals surface area contributed by atoms with E-state index in [-0.39, 0.29) is 0 Å². The largest absolute Gasteiger partial charge is 0.383 e. The van der Waals surface area contributed by atoms with E-state index in [9.17, 15) is 0 Å². The average Bonchev–Trinajstić information content (AvgIpc) is 2.29. The molecule has 0 aromatic carbocycles. The van der Waals surface area contributed by atoms with Crippen LogP contribution in [0.4, 0.5) is 0 Å². The van der Waals surface area contributed by atoms with E-state index in [1.165, 1.54) is 12.8 Å². The number of hydrogen-bond donors (Lipinski definition) is 1. The Hall–Kier alpha value is -0.120. The highest BCUT2D eigenvalue weighted by Gasteiger charge is 2.25. The molecule has 0 bridgehead atoms. The molecule has 0 fully saturated rings. The first kappa shape index (κ1) is 16.9. The fourth-order valence-electron chi connectivity index (χ4n) is 1.99. The second kappa shape index (κ2) is 8.90. The Labute approximate surface area is 108 Å². The summed E-state index contributed by atoms with van der Waals surface area (Å²) in [5.41, 5.74) is 0.353. The smallest absolute Gasteiger partial charge is 0.0615 e. The van der Waals surface area contributed by atoms with Gasteiger partial charge in [-0.2, -0.15) is 0 Å². The van der Waals surface area contributed by atoms with Crippen LogP contribution in [0.1, 0.15) is 40.5 Å². The molecule has 17 heavy (non-hydrogen) atoms. The lowest BCUT2D eigenvalue weighted by molar-refractivity contribution is 0.0837. The minimum absolute atomic E-state index is 0.353. The van der Waals surface area contributed by atoms with Crippen LogP contribution in [-0.4, -0.2) is 51.3 Å². The van der Waals surface area contributed by atoms with E-state index < -0.39 is 0 Å². The van der Waals surface area contributed by atoms with E-state index in [0.29, 0.717) is 11.5 Å². The normalized spacial score (nSPS) is 17.1. The summed E-state index contributed by atoms with van der Waals surface area (Å²) in [6.45, 7) is 13.2. The summed E-state index contributed by atoms with van der Waals surface area (Å²) in [5, 5.41) is 3.54. The average molecular weight is 244 g/mol. The van der Waals surface area contributed by atoms with Gasteiger partial charge in [0.1, 0.15) is 0 Å². The molecule has 0 aliphatic carbocycles. The van der Waals surface area contributed by atoms with E-state index in [0.717, 1.165) is 26.2 Å². The number of likely N-dealkylation sites (N-methyl/N-ethyl adjacent to an activating group) is 1. The molecule has 0 saturated heterocycles. The van der Waals surface area contributed by atoms with Crippen molar-refractivity contribution in [3.8, 4) is 0 Å². The van der Waals surface area contributed by atoms with Crippen LogP contribution in [-0.2, 0) is 4.74 Å². The molecule has 0 heterocycles. The molecular weight excluding hydrogens is 212 g/mol. The van der Waals surface area contributed by atoms with Gasteiger partial charge in [-0.1, -0.05) is 20.8 Å². The van der Waals surface area contributed by atoms with Crippen molar-refractivity contribution >= 4 is 0 Å². The molecule has 0 aromatic heterocycles. The lowest BCUT2D eigenvalue weighted by Gasteiger charge is -2.36. The lowest BCUT2D eigenvalue weighted by Crippen LogP contribution is -2.44. The monoisotopic (exact) mass is 244 g/mol. The summed E-state index contributed by atoms with van der Waals surface area (Å²) >= 11 is 0. The van der Waals surface area contributed by atoms with Crippen molar-refractivity contribution in [3.63, 3.8) is 0 Å². The highest BCUT2D eigenvalue weighted by atomic mass is 16.5. The van der Waals surface area contributed by atoms with Gasteiger partial charge < -0.3 is 15.0 Å². The van der Waals surface area contributed by atoms with Crippen LogP contribution in [0.2, 0.25) is 0 Å². The third-order valence-corrected chi connectivity index (χ3v) is 3.62. The minimum atomic E-state index is 0.353. The third kappa shape index (κ3) is 7.02. The molecular formula is C14H32N2O. The molecule has 2 atom stereocenters. The van der Waals surface area contributed by atoms with Gasteiger partial charge in [-0.05, 0) is 38.8 Å². The van der Waals surface area contributed by atoms with Crippen LogP contribution in [0.3, 0.4) is 0 Å². The Morgan fingerprint density at radius 3 is 2.47 bits per heavy atom. The van der Waals surface area contributed by atoms with Crippen LogP contribution in [0.15, 0.2) is 0 Å². The predicted octanol–water partition coefficient (Wildman–Crippen LogP) is 2.37. The van der Waals surface area contributed by atoms with E-state index in [4.69, 9.17) is 4.74 Å². The molecule has 0 spiro atoms. The van der Waals surface area contributed by atoms with Gasteiger partial charge in [-0.15, -0.1) is 0 Å². The van der Waals surface area contributed by atoms with Crippen molar-refractivity contribution in [2.75, 3.05) is 40.4 Å². The maximum absolute atomic E-state index is 5.21. The fraction of sp³-hybridized carbons (Fsp3) is 1.00. The van der Waals surface area contributed by atoms with Crippen molar-refractivity contribution in [1.82, 2.24) is 10.2 Å². The summed E-state index contributed by atoms with van der Waals surface area (Å²) < 4.78 is 5.21. The van der Waals surface area contributed by atoms with E-state index in [1.54, 1.807) is 7.11 Å². The maximum Gasteiger partial charge on any atom is 0.0615 e. The second-order valence-corrected chi connectivity index (χ2v) is 5.56. The van der Waals surface area contributed by atoms with Gasteiger partial charge in [-0.25, -0.2) is 0 Å². The Morgan fingerprint density at radius 1 is 1.35 bits per heavy atom. The highest BCUT2D eigenvalue weighted by Crippen LogP contribution is 2.22. The number of nitrogens with zero attached hydrogens (tertiary/aromatic N) is 1. The molecule has 0 aliphatic heterocycles. The Kier molecular flexibility index (Phi) is 8.83.